The molecule has 2 N–H and O–H groups in total. The van der Waals surface area contributed by atoms with Crippen LogP contribution in [-0.2, 0) is 17.8 Å². The zero-order valence-corrected chi connectivity index (χ0v) is 22.1. The van der Waals surface area contributed by atoms with Gasteiger partial charge in [-0.2, -0.15) is 0 Å². The van der Waals surface area contributed by atoms with E-state index < -0.39 is 46.3 Å². The first-order chi connectivity index (χ1) is 17.7. The second-order valence-electron chi connectivity index (χ2n) is 11.4. The number of rotatable bonds is 6. The molecular weight excluding hydrogens is 494 g/mol. The summed E-state index contributed by atoms with van der Waals surface area (Å²) in [6.45, 7) is 9.25. The minimum atomic E-state index is -1.19. The average Bonchev–Trinajstić information content (AvgIpc) is 3.33. The molecule has 3 unspecified atom stereocenters. The first kappa shape index (κ1) is 27.0. The summed E-state index contributed by atoms with van der Waals surface area (Å²) in [5.41, 5.74) is 0.103. The van der Waals surface area contributed by atoms with Crippen molar-refractivity contribution in [2.24, 2.45) is 5.41 Å². The van der Waals surface area contributed by atoms with E-state index in [4.69, 9.17) is 14.2 Å². The summed E-state index contributed by atoms with van der Waals surface area (Å²) in [5.74, 6) is 0.420. The van der Waals surface area contributed by atoms with Crippen LogP contribution in [0.3, 0.4) is 0 Å². The van der Waals surface area contributed by atoms with Gasteiger partial charge in [-0.25, -0.2) is 9.59 Å². The van der Waals surface area contributed by atoms with Gasteiger partial charge in [0, 0.05) is 24.1 Å². The van der Waals surface area contributed by atoms with Crippen molar-refractivity contribution in [2.45, 2.75) is 71.4 Å². The summed E-state index contributed by atoms with van der Waals surface area (Å²) in [6, 6.07) is 10.5. The van der Waals surface area contributed by atoms with Gasteiger partial charge in [-0.15, -0.1) is 0 Å². The number of hydrogen-bond acceptors (Lipinski definition) is 7. The number of hydrogen-bond donors (Lipinski definition) is 2. The molecule has 0 spiro atoms. The molecular formula is C27H33N3O8. The number of carbonyl (C=O) groups excluding carboxylic acids is 1. The second kappa shape index (κ2) is 10.0. The van der Waals surface area contributed by atoms with E-state index in [1.165, 1.54) is 17.0 Å². The Hall–Kier alpha value is -4.02. The van der Waals surface area contributed by atoms with Crippen LogP contribution < -0.4 is 14.8 Å². The van der Waals surface area contributed by atoms with Gasteiger partial charge in [0.2, 0.25) is 5.75 Å². The fourth-order valence-corrected chi connectivity index (χ4v) is 5.22. The van der Waals surface area contributed by atoms with Crippen molar-refractivity contribution in [1.29, 1.82) is 0 Å². The van der Waals surface area contributed by atoms with Crippen molar-refractivity contribution in [3.63, 3.8) is 0 Å². The molecule has 2 heterocycles. The third-order valence-corrected chi connectivity index (χ3v) is 6.70. The monoisotopic (exact) mass is 527 g/mol. The second-order valence-corrected chi connectivity index (χ2v) is 11.4. The fourth-order valence-electron chi connectivity index (χ4n) is 5.22. The molecule has 2 aromatic rings. The van der Waals surface area contributed by atoms with Crippen LogP contribution in [0.5, 0.6) is 11.5 Å². The maximum absolute atomic E-state index is 12.8. The van der Waals surface area contributed by atoms with E-state index in [0.717, 1.165) is 5.56 Å². The van der Waals surface area contributed by atoms with Gasteiger partial charge in [-0.1, -0.05) is 51.1 Å². The number of nitrogens with zero attached hydrogens (tertiary/aromatic N) is 2. The highest BCUT2D eigenvalue weighted by Gasteiger charge is 2.52. The summed E-state index contributed by atoms with van der Waals surface area (Å²) in [6.07, 6.45) is -2.36. The Morgan fingerprint density at radius 3 is 2.53 bits per heavy atom. The van der Waals surface area contributed by atoms with Crippen LogP contribution >= 0.6 is 0 Å². The quantitative estimate of drug-likeness (QED) is 0.405. The zero-order chi connectivity index (χ0) is 27.8. The topological polar surface area (TPSA) is 140 Å². The van der Waals surface area contributed by atoms with E-state index in [2.05, 4.69) is 5.32 Å². The van der Waals surface area contributed by atoms with E-state index >= 15 is 0 Å². The molecule has 1 saturated heterocycles. The molecule has 204 valence electrons. The maximum Gasteiger partial charge on any atom is 0.407 e. The number of amides is 2. The molecule has 2 aliphatic rings. The third kappa shape index (κ3) is 5.76. The van der Waals surface area contributed by atoms with Crippen molar-refractivity contribution >= 4 is 17.9 Å². The van der Waals surface area contributed by atoms with Crippen LogP contribution in [0.4, 0.5) is 15.3 Å². The number of likely N-dealkylation sites (tertiary alicyclic amines) is 1. The highest BCUT2D eigenvalue weighted by molar-refractivity contribution is 5.70. The molecule has 2 aliphatic heterocycles. The first-order valence-electron chi connectivity index (χ1n) is 12.4. The third-order valence-electron chi connectivity index (χ3n) is 6.70. The lowest BCUT2D eigenvalue weighted by molar-refractivity contribution is -0.386. The van der Waals surface area contributed by atoms with Crippen LogP contribution in [0.1, 0.15) is 45.7 Å². The van der Waals surface area contributed by atoms with Gasteiger partial charge in [0.15, 0.2) is 0 Å². The predicted octanol–water partition coefficient (Wildman–Crippen LogP) is 4.76. The van der Waals surface area contributed by atoms with Crippen LogP contribution in [-0.4, -0.2) is 57.4 Å². The smallest absolute Gasteiger partial charge is 0.407 e. The van der Waals surface area contributed by atoms with Crippen molar-refractivity contribution < 1.29 is 33.8 Å². The predicted molar refractivity (Wildman–Crippen MR) is 137 cm³/mol. The van der Waals surface area contributed by atoms with E-state index in [0.29, 0.717) is 17.7 Å². The summed E-state index contributed by atoms with van der Waals surface area (Å²) in [5, 5.41) is 24.7. The molecule has 2 amide bonds. The first-order valence-corrected chi connectivity index (χ1v) is 12.4. The van der Waals surface area contributed by atoms with Gasteiger partial charge in [0.25, 0.3) is 0 Å². The van der Waals surface area contributed by atoms with E-state index in [1.807, 2.05) is 65.0 Å². The molecule has 4 rings (SSSR count). The molecule has 0 bridgehead atoms. The van der Waals surface area contributed by atoms with Crippen LogP contribution in [0.25, 0.3) is 0 Å². The lowest BCUT2D eigenvalue weighted by atomic mass is 9.82. The number of benzene rings is 2. The number of fused-ring (bicyclic) bond motifs is 1. The normalized spacial score (nSPS) is 21.8. The number of ether oxygens (including phenoxy) is 3. The summed E-state index contributed by atoms with van der Waals surface area (Å²) in [7, 11) is 0. The van der Waals surface area contributed by atoms with Crippen molar-refractivity contribution in [2.75, 3.05) is 6.54 Å². The Bertz CT molecular complexity index is 1220. The molecule has 0 aromatic heterocycles. The Labute approximate surface area is 220 Å². The number of alkyl carbamates (subject to hydrolysis) is 1. The minimum Gasteiger partial charge on any atom is -0.487 e. The highest BCUT2D eigenvalue weighted by atomic mass is 16.6. The molecule has 0 aliphatic carbocycles. The van der Waals surface area contributed by atoms with Crippen LogP contribution in [0.2, 0.25) is 0 Å². The molecule has 0 radical (unpaired) electrons. The lowest BCUT2D eigenvalue weighted by Gasteiger charge is -2.37. The number of nitro benzene ring substituents is 1. The van der Waals surface area contributed by atoms with Gasteiger partial charge in [-0.3, -0.25) is 15.0 Å². The molecule has 11 nitrogen and oxygen atoms in total. The lowest BCUT2D eigenvalue weighted by Crippen LogP contribution is -2.55. The van der Waals surface area contributed by atoms with E-state index in [-0.39, 0.29) is 24.6 Å². The summed E-state index contributed by atoms with van der Waals surface area (Å²) < 4.78 is 17.5. The summed E-state index contributed by atoms with van der Waals surface area (Å²) in [4.78, 5) is 37.6. The van der Waals surface area contributed by atoms with Gasteiger partial charge in [0.05, 0.1) is 23.6 Å². The van der Waals surface area contributed by atoms with E-state index in [9.17, 15) is 24.8 Å². The standard InChI is InChI=1S/C27H33N3O8/c1-26(2,3)23-22(28-24(31)36-15-16-9-7-6-8-10-16)21(14-29(23)25(32)33)37-20-12-19-17(11-18(20)30(34)35)13-27(4,5)38-19/h6-12,21-23H,13-15H2,1-5H3,(H,28,31)(H,32,33). The number of nitrogens with one attached hydrogen (secondary N) is 1. The number of nitro groups is 1. The molecule has 3 atom stereocenters. The van der Waals surface area contributed by atoms with Gasteiger partial charge >= 0.3 is 17.9 Å². The zero-order valence-electron chi connectivity index (χ0n) is 22.1. The maximum atomic E-state index is 12.8. The molecule has 38 heavy (non-hydrogen) atoms. The Morgan fingerprint density at radius 1 is 1.24 bits per heavy atom. The minimum absolute atomic E-state index is 0.0250. The largest absolute Gasteiger partial charge is 0.487 e. The molecule has 0 saturated carbocycles. The average molecular weight is 528 g/mol. The number of carbonyl (C=O) groups is 2. The fraction of sp³-hybridized carbons (Fsp3) is 0.481. The van der Waals surface area contributed by atoms with Crippen molar-refractivity contribution in [1.82, 2.24) is 10.2 Å². The summed E-state index contributed by atoms with van der Waals surface area (Å²) >= 11 is 0. The van der Waals surface area contributed by atoms with E-state index in [1.54, 1.807) is 0 Å². The molecule has 1 fully saturated rings. The molecule has 11 heteroatoms. The van der Waals surface area contributed by atoms with Crippen molar-refractivity contribution in [3.05, 3.63) is 63.7 Å². The highest BCUT2D eigenvalue weighted by Crippen LogP contribution is 2.43. The van der Waals surface area contributed by atoms with Crippen LogP contribution in [0.15, 0.2) is 42.5 Å². The SMILES string of the molecule is CC1(C)Cc2cc([N+](=O)[O-])c(OC3CN(C(=O)O)C(C(C)(C)C)C3NC(=O)OCc3ccccc3)cc2O1. The Balaban J connectivity index is 1.63. The van der Waals surface area contributed by atoms with Crippen LogP contribution in [0, 0.1) is 15.5 Å². The van der Waals surface area contributed by atoms with Gasteiger partial charge in [-0.05, 0) is 24.8 Å². The van der Waals surface area contributed by atoms with Gasteiger partial charge < -0.3 is 24.6 Å². The Kier molecular flexibility index (Phi) is 7.14. The van der Waals surface area contributed by atoms with Crippen molar-refractivity contribution in [3.8, 4) is 11.5 Å². The number of carboxylic acid groups (broad SMARTS) is 1. The Morgan fingerprint density at radius 2 is 1.92 bits per heavy atom. The van der Waals surface area contributed by atoms with Gasteiger partial charge in [0.1, 0.15) is 24.1 Å². The molecule has 2 aromatic carbocycles.